The summed E-state index contributed by atoms with van der Waals surface area (Å²) in [6.07, 6.45) is 4.81. The van der Waals surface area contributed by atoms with Crippen LogP contribution in [-0.2, 0) is 4.79 Å². The summed E-state index contributed by atoms with van der Waals surface area (Å²) in [6, 6.07) is 10.7. The fourth-order valence-electron chi connectivity index (χ4n) is 2.34. The van der Waals surface area contributed by atoms with Crippen molar-refractivity contribution in [2.75, 3.05) is 27.7 Å². The van der Waals surface area contributed by atoms with Gasteiger partial charge in [0, 0.05) is 25.2 Å². The number of rotatable bonds is 7. The number of carbonyl (C=O) groups excluding carboxylic acids is 2. The van der Waals surface area contributed by atoms with Crippen LogP contribution in [0.5, 0.6) is 0 Å². The predicted molar refractivity (Wildman–Crippen MR) is 97.0 cm³/mol. The maximum absolute atomic E-state index is 12.0. The van der Waals surface area contributed by atoms with Crippen LogP contribution in [0.3, 0.4) is 0 Å². The van der Waals surface area contributed by atoms with Gasteiger partial charge in [0.15, 0.2) is 0 Å². The first kappa shape index (κ1) is 18.5. The number of hydrogen-bond acceptors (Lipinski definition) is 4. The standard InChI is InChI=1S/C19H23N3O3/c1-20-19(24)15-9-6-14(7-10-15)8-11-18(23)21-13-16(22(2)3)17-5-4-12-25-17/h4-12,16H,13H2,1-3H3,(H,20,24)(H,21,23). The zero-order valence-corrected chi connectivity index (χ0v) is 14.7. The van der Waals surface area contributed by atoms with Gasteiger partial charge in [-0.1, -0.05) is 12.1 Å². The molecule has 0 radical (unpaired) electrons. The van der Waals surface area contributed by atoms with Gasteiger partial charge in [-0.3, -0.25) is 14.5 Å². The minimum atomic E-state index is -0.186. The van der Waals surface area contributed by atoms with E-state index in [2.05, 4.69) is 10.6 Å². The van der Waals surface area contributed by atoms with Crippen LogP contribution in [-0.4, -0.2) is 44.4 Å². The average Bonchev–Trinajstić information content (AvgIpc) is 3.14. The van der Waals surface area contributed by atoms with Gasteiger partial charge in [0.05, 0.1) is 12.3 Å². The highest BCUT2D eigenvalue weighted by molar-refractivity contribution is 5.94. The summed E-state index contributed by atoms with van der Waals surface area (Å²) in [5, 5.41) is 5.44. The second kappa shape index (κ2) is 8.84. The van der Waals surface area contributed by atoms with Crippen molar-refractivity contribution < 1.29 is 14.0 Å². The Labute approximate surface area is 147 Å². The molecule has 2 rings (SSSR count). The minimum Gasteiger partial charge on any atom is -0.468 e. The Morgan fingerprint density at radius 2 is 1.92 bits per heavy atom. The minimum absolute atomic E-state index is 0.0285. The molecule has 0 saturated carbocycles. The first-order valence-corrected chi connectivity index (χ1v) is 7.99. The van der Waals surface area contributed by atoms with Crippen LogP contribution >= 0.6 is 0 Å². The molecule has 2 N–H and O–H groups in total. The SMILES string of the molecule is CNC(=O)c1ccc(C=CC(=O)NCC(c2ccco2)N(C)C)cc1. The smallest absolute Gasteiger partial charge is 0.251 e. The van der Waals surface area contributed by atoms with E-state index in [1.165, 1.54) is 6.08 Å². The zero-order chi connectivity index (χ0) is 18.2. The Hall–Kier alpha value is -2.86. The molecule has 6 nitrogen and oxygen atoms in total. The molecule has 1 heterocycles. The molecule has 25 heavy (non-hydrogen) atoms. The highest BCUT2D eigenvalue weighted by atomic mass is 16.3. The molecule has 1 aromatic carbocycles. The van der Waals surface area contributed by atoms with Gasteiger partial charge < -0.3 is 15.1 Å². The van der Waals surface area contributed by atoms with Crippen LogP contribution in [0.15, 0.2) is 53.2 Å². The average molecular weight is 341 g/mol. The van der Waals surface area contributed by atoms with Crippen LogP contribution in [0.25, 0.3) is 6.08 Å². The highest BCUT2D eigenvalue weighted by Crippen LogP contribution is 2.17. The Kier molecular flexibility index (Phi) is 6.54. The van der Waals surface area contributed by atoms with Crippen molar-refractivity contribution in [3.8, 4) is 0 Å². The number of likely N-dealkylation sites (N-methyl/N-ethyl adjacent to an activating group) is 1. The van der Waals surface area contributed by atoms with Gasteiger partial charge in [0.1, 0.15) is 5.76 Å². The summed E-state index contributed by atoms with van der Waals surface area (Å²) in [4.78, 5) is 25.5. The van der Waals surface area contributed by atoms with Crippen molar-refractivity contribution in [1.29, 1.82) is 0 Å². The Balaban J connectivity index is 1.91. The van der Waals surface area contributed by atoms with Gasteiger partial charge in [0.2, 0.25) is 5.91 Å². The fraction of sp³-hybridized carbons (Fsp3) is 0.263. The van der Waals surface area contributed by atoms with Crippen LogP contribution in [0.1, 0.15) is 27.7 Å². The van der Waals surface area contributed by atoms with Gasteiger partial charge in [-0.15, -0.1) is 0 Å². The lowest BCUT2D eigenvalue weighted by Gasteiger charge is -2.22. The van der Waals surface area contributed by atoms with Gasteiger partial charge in [-0.2, -0.15) is 0 Å². The van der Waals surface area contributed by atoms with E-state index in [-0.39, 0.29) is 17.9 Å². The normalized spacial score (nSPS) is 12.3. The summed E-state index contributed by atoms with van der Waals surface area (Å²) in [6.45, 7) is 0.444. The number of benzene rings is 1. The molecule has 0 fully saturated rings. The van der Waals surface area contributed by atoms with E-state index < -0.39 is 0 Å². The summed E-state index contributed by atoms with van der Waals surface area (Å²) >= 11 is 0. The molecule has 1 atom stereocenters. The number of nitrogens with zero attached hydrogens (tertiary/aromatic N) is 1. The van der Waals surface area contributed by atoms with E-state index in [4.69, 9.17) is 4.42 Å². The molecule has 6 heteroatoms. The Morgan fingerprint density at radius 1 is 1.20 bits per heavy atom. The van der Waals surface area contributed by atoms with Gasteiger partial charge in [-0.25, -0.2) is 0 Å². The van der Waals surface area contributed by atoms with Crippen molar-refractivity contribution in [3.05, 3.63) is 65.6 Å². The van der Waals surface area contributed by atoms with E-state index in [9.17, 15) is 9.59 Å². The summed E-state index contributed by atoms with van der Waals surface area (Å²) < 4.78 is 5.41. The van der Waals surface area contributed by atoms with Crippen molar-refractivity contribution in [2.24, 2.45) is 0 Å². The topological polar surface area (TPSA) is 74.6 Å². The summed E-state index contributed by atoms with van der Waals surface area (Å²) in [5.41, 5.74) is 1.43. The molecule has 0 aliphatic rings. The molecule has 132 valence electrons. The quantitative estimate of drug-likeness (QED) is 0.756. The van der Waals surface area contributed by atoms with Crippen LogP contribution < -0.4 is 10.6 Å². The second-order valence-electron chi connectivity index (χ2n) is 5.77. The number of amides is 2. The van der Waals surface area contributed by atoms with E-state index in [0.717, 1.165) is 11.3 Å². The van der Waals surface area contributed by atoms with Crippen molar-refractivity contribution >= 4 is 17.9 Å². The number of nitrogens with one attached hydrogen (secondary N) is 2. The maximum Gasteiger partial charge on any atom is 0.251 e. The fourth-order valence-corrected chi connectivity index (χ4v) is 2.34. The molecule has 1 aromatic heterocycles. The number of furan rings is 1. The Morgan fingerprint density at radius 3 is 2.48 bits per heavy atom. The first-order valence-electron chi connectivity index (χ1n) is 7.99. The van der Waals surface area contributed by atoms with Crippen LogP contribution in [0, 0.1) is 0 Å². The summed E-state index contributed by atoms with van der Waals surface area (Å²) in [5.74, 6) is 0.480. The summed E-state index contributed by atoms with van der Waals surface area (Å²) in [7, 11) is 5.45. The first-order chi connectivity index (χ1) is 12.0. The van der Waals surface area contributed by atoms with Crippen molar-refractivity contribution in [3.63, 3.8) is 0 Å². The molecular formula is C19H23N3O3. The highest BCUT2D eigenvalue weighted by Gasteiger charge is 2.17. The second-order valence-corrected chi connectivity index (χ2v) is 5.77. The molecule has 0 saturated heterocycles. The lowest BCUT2D eigenvalue weighted by Crippen LogP contribution is -2.33. The van der Waals surface area contributed by atoms with Crippen LogP contribution in [0.2, 0.25) is 0 Å². The van der Waals surface area contributed by atoms with Gasteiger partial charge in [-0.05, 0) is 50.0 Å². The van der Waals surface area contributed by atoms with E-state index in [1.807, 2.05) is 31.1 Å². The largest absolute Gasteiger partial charge is 0.468 e. The molecule has 0 aliphatic heterocycles. The molecule has 2 aromatic rings. The van der Waals surface area contributed by atoms with Crippen molar-refractivity contribution in [2.45, 2.75) is 6.04 Å². The van der Waals surface area contributed by atoms with Gasteiger partial charge >= 0.3 is 0 Å². The number of hydrogen-bond donors (Lipinski definition) is 2. The maximum atomic E-state index is 12.0. The monoisotopic (exact) mass is 341 g/mol. The third-order valence-electron chi connectivity index (χ3n) is 3.79. The zero-order valence-electron chi connectivity index (χ0n) is 14.7. The van der Waals surface area contributed by atoms with Crippen molar-refractivity contribution in [1.82, 2.24) is 15.5 Å². The number of carbonyl (C=O) groups is 2. The lowest BCUT2D eigenvalue weighted by molar-refractivity contribution is -0.116. The van der Waals surface area contributed by atoms with E-state index in [0.29, 0.717) is 12.1 Å². The molecule has 0 bridgehead atoms. The van der Waals surface area contributed by atoms with Crippen LogP contribution in [0.4, 0.5) is 0 Å². The molecular weight excluding hydrogens is 318 g/mol. The van der Waals surface area contributed by atoms with Gasteiger partial charge in [0.25, 0.3) is 5.91 Å². The molecule has 2 amide bonds. The predicted octanol–water partition coefficient (Wildman–Crippen LogP) is 2.07. The lowest BCUT2D eigenvalue weighted by atomic mass is 10.1. The molecule has 0 spiro atoms. The van der Waals surface area contributed by atoms with E-state index in [1.54, 1.807) is 43.7 Å². The molecule has 1 unspecified atom stereocenters. The third-order valence-corrected chi connectivity index (χ3v) is 3.79. The van der Waals surface area contributed by atoms with E-state index >= 15 is 0 Å². The molecule has 0 aliphatic carbocycles. The third kappa shape index (κ3) is 5.32. The Bertz CT molecular complexity index is 719.